The minimum absolute atomic E-state index is 1.16. The van der Waals surface area contributed by atoms with E-state index in [0.29, 0.717) is 0 Å². The maximum atomic E-state index is 2.45. The van der Waals surface area contributed by atoms with E-state index in [1.54, 1.807) is 0 Å². The lowest BCUT2D eigenvalue weighted by Crippen LogP contribution is -1.97. The molecule has 0 aliphatic carbocycles. The van der Waals surface area contributed by atoms with Gasteiger partial charge in [-0.1, -0.05) is 158 Å². The van der Waals surface area contributed by atoms with Gasteiger partial charge in [0.05, 0.1) is 27.8 Å². The highest BCUT2D eigenvalue weighted by Gasteiger charge is 2.18. The summed E-state index contributed by atoms with van der Waals surface area (Å²) in [5, 5.41) is 7.50. The molecule has 0 radical (unpaired) electrons. The van der Waals surface area contributed by atoms with Gasteiger partial charge in [-0.3, -0.25) is 0 Å². The summed E-state index contributed by atoms with van der Waals surface area (Å²) < 4.78 is 4.88. The monoisotopic (exact) mass is 686 g/mol. The number of benzene rings is 9. The standard InChI is InChI=1S/C52H34N2/c1-2-14-35(15-3-1)37-18-12-19-40(32-37)53-48-25-9-7-22-44(48)46-30-28-39(34-52(46)53)38-29-31-51-47(33-38)45-23-8-11-27-50(45)54(51)49-26-10-6-21-43(49)42-24-13-17-36-16-4-5-20-41(36)42/h1-34H. The van der Waals surface area contributed by atoms with Crippen LogP contribution in [0, 0.1) is 0 Å². The van der Waals surface area contributed by atoms with Crippen LogP contribution in [0.25, 0.3) is 99.1 Å². The second-order valence-corrected chi connectivity index (χ2v) is 14.1. The van der Waals surface area contributed by atoms with Crippen LogP contribution in [0.5, 0.6) is 0 Å². The molecule has 0 unspecified atom stereocenters. The van der Waals surface area contributed by atoms with Crippen molar-refractivity contribution in [1.29, 1.82) is 0 Å². The van der Waals surface area contributed by atoms with Crippen LogP contribution in [0.2, 0.25) is 0 Å². The molecule has 0 spiro atoms. The quantitative estimate of drug-likeness (QED) is 0.171. The molecule has 252 valence electrons. The third-order valence-corrected chi connectivity index (χ3v) is 11.1. The molecule has 2 heterocycles. The first-order chi connectivity index (χ1) is 26.8. The molecule has 0 N–H and O–H groups in total. The Hall–Kier alpha value is -7.16. The average molecular weight is 687 g/mol. The Morgan fingerprint density at radius 2 is 0.815 bits per heavy atom. The third-order valence-electron chi connectivity index (χ3n) is 11.1. The van der Waals surface area contributed by atoms with Gasteiger partial charge >= 0.3 is 0 Å². The van der Waals surface area contributed by atoms with Crippen LogP contribution < -0.4 is 0 Å². The lowest BCUT2D eigenvalue weighted by Gasteiger charge is -2.15. The van der Waals surface area contributed by atoms with E-state index < -0.39 is 0 Å². The van der Waals surface area contributed by atoms with E-state index in [9.17, 15) is 0 Å². The zero-order valence-electron chi connectivity index (χ0n) is 29.5. The lowest BCUT2D eigenvalue weighted by atomic mass is 9.97. The molecule has 0 fully saturated rings. The van der Waals surface area contributed by atoms with Gasteiger partial charge in [0.1, 0.15) is 0 Å². The van der Waals surface area contributed by atoms with Gasteiger partial charge in [-0.05, 0) is 87.1 Å². The first-order valence-electron chi connectivity index (χ1n) is 18.6. The fourth-order valence-corrected chi connectivity index (χ4v) is 8.65. The molecule has 0 aliphatic heterocycles. The smallest absolute Gasteiger partial charge is 0.0547 e. The molecular weight excluding hydrogens is 653 g/mol. The molecule has 11 rings (SSSR count). The second-order valence-electron chi connectivity index (χ2n) is 14.1. The summed E-state index contributed by atoms with van der Waals surface area (Å²) in [4.78, 5) is 0. The number of nitrogens with zero attached hydrogens (tertiary/aromatic N) is 2. The third kappa shape index (κ3) is 4.74. The predicted molar refractivity (Wildman–Crippen MR) is 229 cm³/mol. The summed E-state index contributed by atoms with van der Waals surface area (Å²) in [7, 11) is 0. The molecule has 54 heavy (non-hydrogen) atoms. The average Bonchev–Trinajstić information content (AvgIpc) is 3.76. The summed E-state index contributed by atoms with van der Waals surface area (Å²) in [5.74, 6) is 0. The maximum absolute atomic E-state index is 2.45. The molecule has 0 amide bonds. The highest BCUT2D eigenvalue weighted by atomic mass is 15.0. The van der Waals surface area contributed by atoms with Gasteiger partial charge in [0, 0.05) is 32.8 Å². The van der Waals surface area contributed by atoms with E-state index >= 15 is 0 Å². The maximum Gasteiger partial charge on any atom is 0.0547 e. The van der Waals surface area contributed by atoms with Crippen molar-refractivity contribution in [1.82, 2.24) is 9.13 Å². The summed E-state index contributed by atoms with van der Waals surface area (Å²) in [6, 6.07) is 75.2. The van der Waals surface area contributed by atoms with Gasteiger partial charge in [0.25, 0.3) is 0 Å². The van der Waals surface area contributed by atoms with Gasteiger partial charge < -0.3 is 9.13 Å². The normalized spacial score (nSPS) is 11.7. The molecule has 2 heteroatoms. The Kier molecular flexibility index (Phi) is 6.90. The SMILES string of the molecule is c1ccc(-c2cccc(-n3c4ccccc4c4ccc(-c5ccc6c(c5)c5ccccc5n6-c5ccccc5-c5cccc6ccccc56)cc43)c2)cc1. The van der Waals surface area contributed by atoms with Gasteiger partial charge in [-0.25, -0.2) is 0 Å². The van der Waals surface area contributed by atoms with E-state index in [1.807, 2.05) is 0 Å². The van der Waals surface area contributed by atoms with E-state index in [-0.39, 0.29) is 0 Å². The van der Waals surface area contributed by atoms with Crippen LogP contribution in [0.4, 0.5) is 0 Å². The fourth-order valence-electron chi connectivity index (χ4n) is 8.65. The van der Waals surface area contributed by atoms with Crippen molar-refractivity contribution in [3.05, 3.63) is 206 Å². The number of hydrogen-bond donors (Lipinski definition) is 0. The highest BCUT2D eigenvalue weighted by molar-refractivity contribution is 6.13. The minimum atomic E-state index is 1.16. The van der Waals surface area contributed by atoms with Gasteiger partial charge in [0.15, 0.2) is 0 Å². The number of hydrogen-bond acceptors (Lipinski definition) is 0. The first-order valence-corrected chi connectivity index (χ1v) is 18.6. The fraction of sp³-hybridized carbons (Fsp3) is 0. The molecule has 0 aliphatic rings. The molecular formula is C52H34N2. The predicted octanol–water partition coefficient (Wildman–Crippen LogP) is 14.0. The van der Waals surface area contributed by atoms with E-state index in [1.165, 1.54) is 93.5 Å². The molecule has 9 aromatic carbocycles. The van der Waals surface area contributed by atoms with Gasteiger partial charge in [-0.15, -0.1) is 0 Å². The Morgan fingerprint density at radius 1 is 0.259 bits per heavy atom. The number of rotatable bonds is 5. The Balaban J connectivity index is 1.10. The number of fused-ring (bicyclic) bond motifs is 7. The van der Waals surface area contributed by atoms with Crippen molar-refractivity contribution in [3.63, 3.8) is 0 Å². The lowest BCUT2D eigenvalue weighted by molar-refractivity contribution is 1.18. The van der Waals surface area contributed by atoms with Gasteiger partial charge in [-0.2, -0.15) is 0 Å². The van der Waals surface area contributed by atoms with Crippen molar-refractivity contribution in [2.75, 3.05) is 0 Å². The Bertz CT molecular complexity index is 3210. The van der Waals surface area contributed by atoms with Crippen molar-refractivity contribution < 1.29 is 0 Å². The van der Waals surface area contributed by atoms with Crippen LogP contribution in [-0.2, 0) is 0 Å². The molecule has 2 aromatic heterocycles. The molecule has 0 saturated heterocycles. The molecule has 0 bridgehead atoms. The highest BCUT2D eigenvalue weighted by Crippen LogP contribution is 2.41. The van der Waals surface area contributed by atoms with Crippen LogP contribution in [0.1, 0.15) is 0 Å². The first kappa shape index (κ1) is 30.5. The minimum Gasteiger partial charge on any atom is -0.309 e. The molecule has 0 saturated carbocycles. The zero-order valence-corrected chi connectivity index (χ0v) is 29.5. The molecule has 11 aromatic rings. The largest absolute Gasteiger partial charge is 0.309 e. The summed E-state index contributed by atoms with van der Waals surface area (Å²) >= 11 is 0. The van der Waals surface area contributed by atoms with Crippen molar-refractivity contribution in [2.45, 2.75) is 0 Å². The molecule has 0 atom stereocenters. The Labute approximate surface area is 313 Å². The van der Waals surface area contributed by atoms with Crippen molar-refractivity contribution >= 4 is 54.4 Å². The summed E-state index contributed by atoms with van der Waals surface area (Å²) in [5.41, 5.74) is 14.4. The van der Waals surface area contributed by atoms with Crippen LogP contribution in [0.15, 0.2) is 206 Å². The van der Waals surface area contributed by atoms with E-state index in [0.717, 1.165) is 5.69 Å². The molecule has 2 nitrogen and oxygen atoms in total. The summed E-state index contributed by atoms with van der Waals surface area (Å²) in [6.07, 6.45) is 0. The van der Waals surface area contributed by atoms with E-state index in [2.05, 4.69) is 215 Å². The van der Waals surface area contributed by atoms with Crippen molar-refractivity contribution in [2.24, 2.45) is 0 Å². The Morgan fingerprint density at radius 3 is 1.69 bits per heavy atom. The second kappa shape index (κ2) is 12.2. The van der Waals surface area contributed by atoms with Crippen LogP contribution in [0.3, 0.4) is 0 Å². The van der Waals surface area contributed by atoms with E-state index in [4.69, 9.17) is 0 Å². The number of aromatic nitrogens is 2. The van der Waals surface area contributed by atoms with Crippen molar-refractivity contribution in [3.8, 4) is 44.8 Å². The summed E-state index contributed by atoms with van der Waals surface area (Å²) in [6.45, 7) is 0. The topological polar surface area (TPSA) is 9.86 Å². The number of para-hydroxylation sites is 3. The zero-order chi connectivity index (χ0) is 35.6. The van der Waals surface area contributed by atoms with Crippen LogP contribution >= 0.6 is 0 Å². The van der Waals surface area contributed by atoms with Gasteiger partial charge in [0.2, 0.25) is 0 Å². The van der Waals surface area contributed by atoms with Crippen LogP contribution in [-0.4, -0.2) is 9.13 Å².